The van der Waals surface area contributed by atoms with Crippen molar-refractivity contribution in [1.82, 2.24) is 5.32 Å². The predicted molar refractivity (Wildman–Crippen MR) is 83.3 cm³/mol. The van der Waals surface area contributed by atoms with Gasteiger partial charge in [-0.15, -0.1) is 0 Å². The molecular weight excluding hydrogens is 359 g/mol. The Kier molecular flexibility index (Phi) is 5.81. The Hall–Kier alpha value is -2.39. The molecule has 134 valence electrons. The van der Waals surface area contributed by atoms with Crippen LogP contribution in [0.3, 0.4) is 0 Å². The second kappa shape index (κ2) is 7.66. The van der Waals surface area contributed by atoms with E-state index in [4.69, 9.17) is 0 Å². The van der Waals surface area contributed by atoms with Crippen molar-refractivity contribution in [2.45, 2.75) is 16.8 Å². The molecule has 2 aromatic rings. The van der Waals surface area contributed by atoms with Crippen molar-refractivity contribution in [2.75, 3.05) is 6.54 Å². The van der Waals surface area contributed by atoms with E-state index in [1.807, 2.05) is 0 Å². The number of carbonyl (C=O) groups is 1. The molecule has 1 unspecified atom stereocenters. The SMILES string of the molecule is O=C(NCC(O)c1cccc(F)c1)c1ccc(S(=O)(=O)C(F)F)cc1. The normalized spacial score (nSPS) is 12.8. The number of alkyl halides is 2. The summed E-state index contributed by atoms with van der Waals surface area (Å²) in [5.74, 6) is -4.72. The maximum absolute atomic E-state index is 13.1. The van der Waals surface area contributed by atoms with Crippen molar-refractivity contribution >= 4 is 15.7 Å². The molecule has 0 saturated heterocycles. The Morgan fingerprint density at radius 3 is 2.32 bits per heavy atom. The average molecular weight is 373 g/mol. The summed E-state index contributed by atoms with van der Waals surface area (Å²) in [5.41, 5.74) is 0.304. The molecule has 0 spiro atoms. The van der Waals surface area contributed by atoms with Crippen LogP contribution in [0.15, 0.2) is 53.4 Å². The fourth-order valence-corrected chi connectivity index (χ4v) is 2.74. The third-order valence-corrected chi connectivity index (χ3v) is 4.77. The third kappa shape index (κ3) is 4.58. The van der Waals surface area contributed by atoms with Crippen LogP contribution in [0.1, 0.15) is 22.0 Å². The molecule has 25 heavy (non-hydrogen) atoms. The summed E-state index contributed by atoms with van der Waals surface area (Å²) in [5, 5.41) is 12.3. The Morgan fingerprint density at radius 2 is 1.76 bits per heavy atom. The highest BCUT2D eigenvalue weighted by Gasteiger charge is 2.26. The van der Waals surface area contributed by atoms with Gasteiger partial charge < -0.3 is 10.4 Å². The summed E-state index contributed by atoms with van der Waals surface area (Å²) >= 11 is 0. The smallest absolute Gasteiger partial charge is 0.341 e. The summed E-state index contributed by atoms with van der Waals surface area (Å²) in [6.45, 7) is -0.209. The molecule has 0 aliphatic carbocycles. The van der Waals surface area contributed by atoms with Crippen LogP contribution >= 0.6 is 0 Å². The Morgan fingerprint density at radius 1 is 1.12 bits per heavy atom. The molecule has 0 heterocycles. The Balaban J connectivity index is 2.02. The zero-order valence-corrected chi connectivity index (χ0v) is 13.5. The molecule has 1 amide bonds. The van der Waals surface area contributed by atoms with Gasteiger partial charge in [0.2, 0.25) is 9.84 Å². The lowest BCUT2D eigenvalue weighted by molar-refractivity contribution is 0.0916. The monoisotopic (exact) mass is 373 g/mol. The lowest BCUT2D eigenvalue weighted by atomic mass is 10.1. The molecule has 0 aliphatic rings. The van der Waals surface area contributed by atoms with E-state index in [2.05, 4.69) is 5.32 Å². The van der Waals surface area contributed by atoms with E-state index in [1.165, 1.54) is 18.2 Å². The molecule has 0 aromatic heterocycles. The first-order valence-corrected chi connectivity index (χ1v) is 8.60. The van der Waals surface area contributed by atoms with Gasteiger partial charge in [0.15, 0.2) is 0 Å². The van der Waals surface area contributed by atoms with E-state index in [0.29, 0.717) is 0 Å². The number of nitrogens with one attached hydrogen (secondary N) is 1. The van der Waals surface area contributed by atoms with Crippen LogP contribution < -0.4 is 5.32 Å². The topological polar surface area (TPSA) is 83.5 Å². The van der Waals surface area contributed by atoms with Gasteiger partial charge >= 0.3 is 5.76 Å². The highest BCUT2D eigenvalue weighted by atomic mass is 32.2. The second-order valence-electron chi connectivity index (χ2n) is 5.11. The number of halogens is 3. The van der Waals surface area contributed by atoms with Crippen LogP contribution in [0.25, 0.3) is 0 Å². The van der Waals surface area contributed by atoms with Crippen LogP contribution in [-0.4, -0.2) is 31.7 Å². The van der Waals surface area contributed by atoms with Crippen LogP contribution in [0.4, 0.5) is 13.2 Å². The van der Waals surface area contributed by atoms with Gasteiger partial charge in [0.05, 0.1) is 11.0 Å². The van der Waals surface area contributed by atoms with Crippen LogP contribution in [-0.2, 0) is 9.84 Å². The summed E-state index contributed by atoms with van der Waals surface area (Å²) in [6.07, 6.45) is -1.14. The number of rotatable bonds is 6. The molecule has 0 radical (unpaired) electrons. The lowest BCUT2D eigenvalue weighted by Gasteiger charge is -2.12. The number of hydrogen-bond acceptors (Lipinski definition) is 4. The fourth-order valence-electron chi connectivity index (χ4n) is 2.02. The van der Waals surface area contributed by atoms with Gasteiger partial charge in [-0.05, 0) is 42.0 Å². The van der Waals surface area contributed by atoms with Crippen LogP contribution in [0, 0.1) is 5.82 Å². The van der Waals surface area contributed by atoms with Gasteiger partial charge in [0, 0.05) is 12.1 Å². The van der Waals surface area contributed by atoms with Gasteiger partial charge in [-0.3, -0.25) is 4.79 Å². The van der Waals surface area contributed by atoms with Crippen molar-refractivity contribution in [3.8, 4) is 0 Å². The largest absolute Gasteiger partial charge is 0.387 e. The molecule has 0 bridgehead atoms. The van der Waals surface area contributed by atoms with Gasteiger partial charge in [0.25, 0.3) is 5.91 Å². The van der Waals surface area contributed by atoms with Crippen molar-refractivity contribution in [3.63, 3.8) is 0 Å². The number of amides is 1. The van der Waals surface area contributed by atoms with E-state index >= 15 is 0 Å². The van der Waals surface area contributed by atoms with E-state index in [0.717, 1.165) is 30.3 Å². The standard InChI is InChI=1S/C16H14F3NO4S/c17-12-3-1-2-11(8-12)14(21)9-20-15(22)10-4-6-13(7-5-10)25(23,24)16(18)19/h1-8,14,16,21H,9H2,(H,20,22). The first-order valence-electron chi connectivity index (χ1n) is 7.05. The minimum absolute atomic E-state index is 0.0275. The molecule has 2 rings (SSSR count). The van der Waals surface area contributed by atoms with E-state index in [-0.39, 0.29) is 17.7 Å². The molecule has 0 aliphatic heterocycles. The average Bonchev–Trinajstić information content (AvgIpc) is 2.59. The summed E-state index contributed by atoms with van der Waals surface area (Å²) in [4.78, 5) is 11.4. The molecule has 0 saturated carbocycles. The van der Waals surface area contributed by atoms with Crippen molar-refractivity contribution in [1.29, 1.82) is 0 Å². The highest BCUT2D eigenvalue weighted by Crippen LogP contribution is 2.19. The minimum atomic E-state index is -4.73. The molecule has 1 atom stereocenters. The predicted octanol–water partition coefficient (Wildman–Crippen LogP) is 2.29. The second-order valence-corrected chi connectivity index (χ2v) is 7.03. The zero-order valence-electron chi connectivity index (χ0n) is 12.7. The molecule has 0 fully saturated rings. The first-order chi connectivity index (χ1) is 11.7. The molecular formula is C16H14F3NO4S. The Bertz CT molecular complexity index is 854. The molecule has 2 aromatic carbocycles. The lowest BCUT2D eigenvalue weighted by Crippen LogP contribution is -2.28. The van der Waals surface area contributed by atoms with Gasteiger partial charge in [-0.1, -0.05) is 12.1 Å². The Labute approximate surface area is 142 Å². The van der Waals surface area contributed by atoms with Crippen LogP contribution in [0.2, 0.25) is 0 Å². The summed E-state index contributed by atoms with van der Waals surface area (Å²) < 4.78 is 60.5. The number of aliphatic hydroxyl groups excluding tert-OH is 1. The number of sulfone groups is 1. The molecule has 5 nitrogen and oxygen atoms in total. The fraction of sp³-hybridized carbons (Fsp3) is 0.188. The maximum atomic E-state index is 13.1. The van der Waals surface area contributed by atoms with Gasteiger partial charge in [0.1, 0.15) is 5.82 Å². The third-order valence-electron chi connectivity index (χ3n) is 3.37. The van der Waals surface area contributed by atoms with E-state index < -0.39 is 38.3 Å². The van der Waals surface area contributed by atoms with Crippen LogP contribution in [0.5, 0.6) is 0 Å². The van der Waals surface area contributed by atoms with Gasteiger partial charge in [-0.2, -0.15) is 8.78 Å². The van der Waals surface area contributed by atoms with Gasteiger partial charge in [-0.25, -0.2) is 12.8 Å². The first kappa shape index (κ1) is 18.9. The summed E-state index contributed by atoms with van der Waals surface area (Å²) in [6, 6.07) is 9.21. The number of aliphatic hydroxyl groups is 1. The maximum Gasteiger partial charge on any atom is 0.341 e. The molecule has 2 N–H and O–H groups in total. The van der Waals surface area contributed by atoms with E-state index in [9.17, 15) is 31.5 Å². The van der Waals surface area contributed by atoms with E-state index in [1.54, 1.807) is 0 Å². The number of hydrogen-bond donors (Lipinski definition) is 2. The molecule has 9 heteroatoms. The van der Waals surface area contributed by atoms with Crippen molar-refractivity contribution in [2.24, 2.45) is 0 Å². The number of carbonyl (C=O) groups excluding carboxylic acids is 1. The minimum Gasteiger partial charge on any atom is -0.387 e. The summed E-state index contributed by atoms with van der Waals surface area (Å²) in [7, 11) is -4.73. The zero-order chi connectivity index (χ0) is 18.6. The van der Waals surface area contributed by atoms with Crippen molar-refractivity contribution < 1.29 is 31.5 Å². The van der Waals surface area contributed by atoms with Crippen molar-refractivity contribution in [3.05, 3.63) is 65.5 Å². The highest BCUT2D eigenvalue weighted by molar-refractivity contribution is 7.91. The quantitative estimate of drug-likeness (QED) is 0.814. The number of benzene rings is 2.